The molecule has 0 saturated heterocycles. The molecule has 0 amide bonds. The molecule has 0 atom stereocenters. The molecule has 0 aromatic heterocycles. The fourth-order valence-electron chi connectivity index (χ4n) is 1.36. The van der Waals surface area contributed by atoms with Crippen molar-refractivity contribution in [3.05, 3.63) is 34.7 Å². The monoisotopic (exact) mass is 210 g/mol. The first kappa shape index (κ1) is 8.96. The molecular formula is C9H6O4S. The molecule has 1 aromatic carbocycles. The van der Waals surface area contributed by atoms with Crippen LogP contribution in [0, 0.1) is 0 Å². The van der Waals surface area contributed by atoms with Crippen LogP contribution in [0.5, 0.6) is 0 Å². The molecule has 0 unspecified atom stereocenters. The van der Waals surface area contributed by atoms with Gasteiger partial charge in [0.15, 0.2) is 4.91 Å². The van der Waals surface area contributed by atoms with E-state index in [0.717, 1.165) is 0 Å². The largest absolute Gasteiger partial charge is 0.477 e. The molecule has 14 heavy (non-hydrogen) atoms. The van der Waals surface area contributed by atoms with Crippen LogP contribution in [0.4, 0.5) is 0 Å². The Kier molecular flexibility index (Phi) is 1.72. The topological polar surface area (TPSA) is 71.4 Å². The van der Waals surface area contributed by atoms with E-state index in [0.29, 0.717) is 5.56 Å². The molecule has 0 spiro atoms. The van der Waals surface area contributed by atoms with E-state index in [1.165, 1.54) is 12.1 Å². The summed E-state index contributed by atoms with van der Waals surface area (Å²) < 4.78 is 23.2. The summed E-state index contributed by atoms with van der Waals surface area (Å²) in [6, 6.07) is 6.20. The Balaban J connectivity index is 2.75. The maximum absolute atomic E-state index is 11.6. The van der Waals surface area contributed by atoms with Gasteiger partial charge in [0, 0.05) is 0 Å². The Morgan fingerprint density at radius 2 is 1.86 bits per heavy atom. The van der Waals surface area contributed by atoms with Crippen molar-refractivity contribution in [2.24, 2.45) is 0 Å². The SMILES string of the molecule is O=C(O)C1=Cc2ccccc2S1(=O)=O. The van der Waals surface area contributed by atoms with E-state index in [-0.39, 0.29) is 4.90 Å². The third kappa shape index (κ3) is 1.06. The van der Waals surface area contributed by atoms with Crippen molar-refractivity contribution in [3.8, 4) is 0 Å². The summed E-state index contributed by atoms with van der Waals surface area (Å²) in [7, 11) is -3.78. The Hall–Kier alpha value is -1.62. The van der Waals surface area contributed by atoms with Gasteiger partial charge in [0.05, 0.1) is 4.90 Å². The van der Waals surface area contributed by atoms with Crippen LogP contribution in [0.3, 0.4) is 0 Å². The van der Waals surface area contributed by atoms with E-state index < -0.39 is 20.7 Å². The molecule has 0 saturated carbocycles. The fraction of sp³-hybridized carbons (Fsp3) is 0. The van der Waals surface area contributed by atoms with Crippen LogP contribution in [-0.4, -0.2) is 19.5 Å². The van der Waals surface area contributed by atoms with Crippen LogP contribution in [-0.2, 0) is 14.6 Å². The Morgan fingerprint density at radius 3 is 2.43 bits per heavy atom. The number of fused-ring (bicyclic) bond motifs is 1. The highest BCUT2D eigenvalue weighted by molar-refractivity contribution is 7.96. The number of carboxylic acids is 1. The zero-order chi connectivity index (χ0) is 10.3. The lowest BCUT2D eigenvalue weighted by molar-refractivity contribution is -0.131. The fourth-order valence-corrected chi connectivity index (χ4v) is 2.80. The van der Waals surface area contributed by atoms with Crippen LogP contribution in [0.2, 0.25) is 0 Å². The molecule has 1 aliphatic rings. The van der Waals surface area contributed by atoms with E-state index >= 15 is 0 Å². The van der Waals surface area contributed by atoms with Gasteiger partial charge in [-0.2, -0.15) is 0 Å². The van der Waals surface area contributed by atoms with Crippen LogP contribution in [0.25, 0.3) is 6.08 Å². The minimum atomic E-state index is -3.78. The van der Waals surface area contributed by atoms with Crippen LogP contribution in [0.15, 0.2) is 34.1 Å². The second-order valence-corrected chi connectivity index (χ2v) is 4.74. The minimum absolute atomic E-state index is 0.0670. The Bertz CT molecular complexity index is 540. The van der Waals surface area contributed by atoms with Crippen LogP contribution >= 0.6 is 0 Å². The summed E-state index contributed by atoms with van der Waals surface area (Å²) in [6.45, 7) is 0. The predicted molar refractivity (Wildman–Crippen MR) is 49.2 cm³/mol. The van der Waals surface area contributed by atoms with Gasteiger partial charge >= 0.3 is 5.97 Å². The van der Waals surface area contributed by atoms with E-state index in [2.05, 4.69) is 0 Å². The average molecular weight is 210 g/mol. The third-order valence-electron chi connectivity index (χ3n) is 2.00. The molecule has 0 aliphatic carbocycles. The number of carboxylic acid groups (broad SMARTS) is 1. The van der Waals surface area contributed by atoms with E-state index in [9.17, 15) is 13.2 Å². The van der Waals surface area contributed by atoms with Gasteiger partial charge in [-0.15, -0.1) is 0 Å². The summed E-state index contributed by atoms with van der Waals surface area (Å²) in [5, 5.41) is 8.67. The molecule has 1 aromatic rings. The molecule has 1 heterocycles. The predicted octanol–water partition coefficient (Wildman–Crippen LogP) is 0.899. The molecule has 4 nitrogen and oxygen atoms in total. The maximum Gasteiger partial charge on any atom is 0.347 e. The highest BCUT2D eigenvalue weighted by Gasteiger charge is 2.33. The number of carbonyl (C=O) groups is 1. The summed E-state index contributed by atoms with van der Waals surface area (Å²) in [5.74, 6) is -1.42. The van der Waals surface area contributed by atoms with E-state index in [1.54, 1.807) is 18.2 Å². The van der Waals surface area contributed by atoms with E-state index in [4.69, 9.17) is 5.11 Å². The molecule has 0 radical (unpaired) electrons. The summed E-state index contributed by atoms with van der Waals surface area (Å²) in [4.78, 5) is 10.1. The molecule has 0 bridgehead atoms. The zero-order valence-electron chi connectivity index (χ0n) is 6.97. The van der Waals surface area contributed by atoms with Gasteiger partial charge in [-0.25, -0.2) is 13.2 Å². The van der Waals surface area contributed by atoms with Gasteiger partial charge in [0.1, 0.15) is 0 Å². The lowest BCUT2D eigenvalue weighted by atomic mass is 10.2. The summed E-state index contributed by atoms with van der Waals surface area (Å²) >= 11 is 0. The lowest BCUT2D eigenvalue weighted by Crippen LogP contribution is -2.09. The first-order chi connectivity index (χ1) is 6.53. The van der Waals surface area contributed by atoms with Gasteiger partial charge in [-0.05, 0) is 17.7 Å². The smallest absolute Gasteiger partial charge is 0.347 e. The number of aliphatic carboxylic acids is 1. The first-order valence-electron chi connectivity index (χ1n) is 3.82. The molecule has 1 aliphatic heterocycles. The van der Waals surface area contributed by atoms with Crippen LogP contribution in [0.1, 0.15) is 5.56 Å². The van der Waals surface area contributed by atoms with E-state index in [1.807, 2.05) is 0 Å². The normalized spacial score (nSPS) is 17.3. The van der Waals surface area contributed by atoms with Crippen molar-refractivity contribution in [1.82, 2.24) is 0 Å². The third-order valence-corrected chi connectivity index (χ3v) is 3.82. The molecule has 0 fully saturated rings. The molecule has 72 valence electrons. The molecule has 1 N–H and O–H groups in total. The molecule has 2 rings (SSSR count). The summed E-state index contributed by atoms with van der Waals surface area (Å²) in [6.07, 6.45) is 1.17. The molecule has 5 heteroatoms. The Morgan fingerprint density at radius 1 is 1.21 bits per heavy atom. The second-order valence-electron chi connectivity index (χ2n) is 2.86. The van der Waals surface area contributed by atoms with Crippen LogP contribution < -0.4 is 0 Å². The first-order valence-corrected chi connectivity index (χ1v) is 5.31. The van der Waals surface area contributed by atoms with Crippen molar-refractivity contribution >= 4 is 21.9 Å². The highest BCUT2D eigenvalue weighted by atomic mass is 32.2. The van der Waals surface area contributed by atoms with Gasteiger partial charge in [0.25, 0.3) is 0 Å². The van der Waals surface area contributed by atoms with Gasteiger partial charge in [-0.1, -0.05) is 18.2 Å². The highest BCUT2D eigenvalue weighted by Crippen LogP contribution is 2.32. The van der Waals surface area contributed by atoms with Crippen molar-refractivity contribution in [1.29, 1.82) is 0 Å². The van der Waals surface area contributed by atoms with Crippen molar-refractivity contribution in [3.63, 3.8) is 0 Å². The van der Waals surface area contributed by atoms with Gasteiger partial charge in [-0.3, -0.25) is 0 Å². The van der Waals surface area contributed by atoms with Crippen molar-refractivity contribution in [2.75, 3.05) is 0 Å². The maximum atomic E-state index is 11.6. The number of hydrogen-bond acceptors (Lipinski definition) is 3. The number of benzene rings is 1. The lowest BCUT2D eigenvalue weighted by Gasteiger charge is -1.97. The zero-order valence-corrected chi connectivity index (χ0v) is 7.78. The van der Waals surface area contributed by atoms with Crippen molar-refractivity contribution < 1.29 is 18.3 Å². The van der Waals surface area contributed by atoms with Gasteiger partial charge < -0.3 is 5.11 Å². The second kappa shape index (κ2) is 2.68. The van der Waals surface area contributed by atoms with Gasteiger partial charge in [0.2, 0.25) is 9.84 Å². The average Bonchev–Trinajstić information content (AvgIpc) is 2.39. The number of sulfone groups is 1. The quantitative estimate of drug-likeness (QED) is 0.747. The minimum Gasteiger partial charge on any atom is -0.477 e. The Labute approximate surface area is 80.4 Å². The summed E-state index contributed by atoms with van der Waals surface area (Å²) in [5.41, 5.74) is 0.435. The number of rotatable bonds is 1. The van der Waals surface area contributed by atoms with Crippen molar-refractivity contribution in [2.45, 2.75) is 4.90 Å². The standard InChI is InChI=1S/C9H6O4S/c10-9(11)8-5-6-3-1-2-4-7(6)14(8,12)13/h1-5H,(H,10,11). The number of hydrogen-bond donors (Lipinski definition) is 1. The molecular weight excluding hydrogens is 204 g/mol.